The van der Waals surface area contributed by atoms with Crippen LogP contribution in [0.3, 0.4) is 0 Å². The molecule has 144 valence electrons. The molecule has 3 aliphatic rings. The summed E-state index contributed by atoms with van der Waals surface area (Å²) in [5, 5.41) is 13.9. The zero-order valence-electron chi connectivity index (χ0n) is 15.2. The summed E-state index contributed by atoms with van der Waals surface area (Å²) in [5.41, 5.74) is 0.637. The van der Waals surface area contributed by atoms with Gasteiger partial charge < -0.3 is 9.47 Å². The SMILES string of the molecule is CCOc1cc(C=NN2C(=O)[C@@H]3[C@H](C2=O)[C@H]2C=C[C@H]3C2)cc(Br)c1OCC#N. The highest BCUT2D eigenvalue weighted by Gasteiger charge is 2.59. The second kappa shape index (κ2) is 7.40. The quantitative estimate of drug-likeness (QED) is 0.382. The van der Waals surface area contributed by atoms with Crippen molar-refractivity contribution in [2.75, 3.05) is 13.2 Å². The van der Waals surface area contributed by atoms with E-state index in [0.717, 1.165) is 11.4 Å². The van der Waals surface area contributed by atoms with Crippen molar-refractivity contribution in [3.05, 3.63) is 34.3 Å². The molecule has 2 amide bonds. The number of rotatable bonds is 6. The lowest BCUT2D eigenvalue weighted by atomic mass is 9.85. The lowest BCUT2D eigenvalue weighted by Gasteiger charge is -2.13. The monoisotopic (exact) mass is 443 g/mol. The van der Waals surface area contributed by atoms with Gasteiger partial charge in [-0.15, -0.1) is 0 Å². The molecule has 0 N–H and O–H groups in total. The average Bonchev–Trinajstić information content (AvgIpc) is 3.34. The number of hydrogen-bond donors (Lipinski definition) is 0. The fourth-order valence-corrected chi connectivity index (χ4v) is 4.87. The normalized spacial score (nSPS) is 27.5. The van der Waals surface area contributed by atoms with Crippen molar-refractivity contribution in [3.63, 3.8) is 0 Å². The topological polar surface area (TPSA) is 92.0 Å². The number of nitrogens with zero attached hydrogens (tertiary/aromatic N) is 3. The molecule has 0 unspecified atom stereocenters. The molecule has 0 aromatic heterocycles. The molecule has 8 heteroatoms. The highest BCUT2D eigenvalue weighted by molar-refractivity contribution is 9.10. The number of halogens is 1. The average molecular weight is 444 g/mol. The van der Waals surface area contributed by atoms with Crippen LogP contribution in [0.2, 0.25) is 0 Å². The van der Waals surface area contributed by atoms with Gasteiger partial charge in [0.15, 0.2) is 18.1 Å². The van der Waals surface area contributed by atoms with E-state index < -0.39 is 0 Å². The summed E-state index contributed by atoms with van der Waals surface area (Å²) in [4.78, 5) is 25.4. The maximum atomic E-state index is 12.7. The Hall–Kier alpha value is -2.66. The highest BCUT2D eigenvalue weighted by Crippen LogP contribution is 2.52. The highest BCUT2D eigenvalue weighted by atomic mass is 79.9. The number of carbonyl (C=O) groups excluding carboxylic acids is 2. The van der Waals surface area contributed by atoms with Gasteiger partial charge in [-0.05, 0) is 58.8 Å². The maximum absolute atomic E-state index is 12.7. The molecular weight excluding hydrogens is 426 g/mol. The smallest absolute Gasteiger partial charge is 0.254 e. The van der Waals surface area contributed by atoms with E-state index in [1.807, 2.05) is 13.0 Å². The van der Waals surface area contributed by atoms with E-state index in [2.05, 4.69) is 33.2 Å². The van der Waals surface area contributed by atoms with Gasteiger partial charge in [0.25, 0.3) is 11.8 Å². The first-order chi connectivity index (χ1) is 13.5. The van der Waals surface area contributed by atoms with Gasteiger partial charge in [-0.3, -0.25) is 9.59 Å². The molecule has 0 radical (unpaired) electrons. The van der Waals surface area contributed by atoms with Crippen LogP contribution >= 0.6 is 15.9 Å². The van der Waals surface area contributed by atoms with E-state index in [1.165, 1.54) is 6.21 Å². The van der Waals surface area contributed by atoms with Crippen molar-refractivity contribution < 1.29 is 19.1 Å². The minimum atomic E-state index is -0.271. The minimum Gasteiger partial charge on any atom is -0.490 e. The van der Waals surface area contributed by atoms with Crippen LogP contribution in [-0.2, 0) is 9.59 Å². The zero-order chi connectivity index (χ0) is 19.8. The van der Waals surface area contributed by atoms with Crippen LogP contribution in [0, 0.1) is 35.0 Å². The van der Waals surface area contributed by atoms with Crippen molar-refractivity contribution >= 4 is 34.0 Å². The van der Waals surface area contributed by atoms with E-state index in [-0.39, 0.29) is 42.1 Å². The number of carbonyl (C=O) groups is 2. The molecule has 1 aliphatic heterocycles. The molecule has 1 saturated carbocycles. The van der Waals surface area contributed by atoms with E-state index in [0.29, 0.717) is 28.1 Å². The third-order valence-electron chi connectivity index (χ3n) is 5.38. The first-order valence-electron chi connectivity index (χ1n) is 9.11. The molecule has 1 aromatic carbocycles. The number of allylic oxidation sites excluding steroid dienone is 2. The molecule has 4 rings (SSSR count). The zero-order valence-corrected chi connectivity index (χ0v) is 16.8. The fraction of sp³-hybridized carbons (Fsp3) is 0.400. The summed E-state index contributed by atoms with van der Waals surface area (Å²) in [6.45, 7) is 2.14. The van der Waals surface area contributed by atoms with Gasteiger partial charge in [-0.25, -0.2) is 0 Å². The largest absolute Gasteiger partial charge is 0.490 e. The molecule has 4 atom stereocenters. The fourth-order valence-electron chi connectivity index (χ4n) is 4.29. The Balaban J connectivity index is 1.57. The molecular formula is C20H18BrN3O4. The van der Waals surface area contributed by atoms with E-state index in [4.69, 9.17) is 14.7 Å². The van der Waals surface area contributed by atoms with Crippen LogP contribution in [0.4, 0.5) is 0 Å². The number of ether oxygens (including phenoxy) is 2. The summed E-state index contributed by atoms with van der Waals surface area (Å²) in [6.07, 6.45) is 6.46. The predicted molar refractivity (Wildman–Crippen MR) is 104 cm³/mol. The van der Waals surface area contributed by atoms with Gasteiger partial charge in [0, 0.05) is 0 Å². The first kappa shape index (κ1) is 18.7. The lowest BCUT2D eigenvalue weighted by Crippen LogP contribution is -2.28. The summed E-state index contributed by atoms with van der Waals surface area (Å²) in [7, 11) is 0. The Morgan fingerprint density at radius 2 is 1.93 bits per heavy atom. The Bertz CT molecular complexity index is 906. The van der Waals surface area contributed by atoms with Crippen molar-refractivity contribution in [1.82, 2.24) is 5.01 Å². The van der Waals surface area contributed by atoms with Gasteiger partial charge >= 0.3 is 0 Å². The Morgan fingerprint density at radius 3 is 2.54 bits per heavy atom. The number of fused-ring (bicyclic) bond motifs is 5. The number of hydrazone groups is 1. The number of imide groups is 1. The molecule has 28 heavy (non-hydrogen) atoms. The van der Waals surface area contributed by atoms with Gasteiger partial charge in [0.1, 0.15) is 6.07 Å². The Morgan fingerprint density at radius 1 is 1.25 bits per heavy atom. The molecule has 1 saturated heterocycles. The van der Waals surface area contributed by atoms with Crippen LogP contribution < -0.4 is 9.47 Å². The molecule has 7 nitrogen and oxygen atoms in total. The van der Waals surface area contributed by atoms with Gasteiger partial charge in [-0.1, -0.05) is 12.2 Å². The van der Waals surface area contributed by atoms with Gasteiger partial charge in [0.2, 0.25) is 0 Å². The number of benzene rings is 1. The van der Waals surface area contributed by atoms with Crippen molar-refractivity contribution in [2.45, 2.75) is 13.3 Å². The predicted octanol–water partition coefficient (Wildman–Crippen LogP) is 2.89. The number of hydrogen-bond acceptors (Lipinski definition) is 6. The minimum absolute atomic E-state index is 0.109. The second-order valence-electron chi connectivity index (χ2n) is 6.94. The van der Waals surface area contributed by atoms with Crippen LogP contribution in [0.5, 0.6) is 11.5 Å². The number of nitriles is 1. The van der Waals surface area contributed by atoms with Gasteiger partial charge in [-0.2, -0.15) is 15.4 Å². The molecule has 1 heterocycles. The Kier molecular flexibility index (Phi) is 4.94. The lowest BCUT2D eigenvalue weighted by molar-refractivity contribution is -0.140. The summed E-state index contributed by atoms with van der Waals surface area (Å²) < 4.78 is 11.6. The van der Waals surface area contributed by atoms with E-state index in [1.54, 1.807) is 12.1 Å². The third-order valence-corrected chi connectivity index (χ3v) is 5.97. The van der Waals surface area contributed by atoms with Crippen LogP contribution in [-0.4, -0.2) is 36.3 Å². The Labute approximate surface area is 170 Å². The first-order valence-corrected chi connectivity index (χ1v) is 9.90. The standard InChI is InChI=1S/C20H18BrN3O4/c1-2-27-15-8-11(7-14(21)18(15)28-6-5-22)10-23-24-19(25)16-12-3-4-13(9-12)17(16)20(24)26/h3-4,7-8,10,12-13,16-17H,2,6,9H2,1H3/t12-,13-,16-,17+/m0/s1. The molecule has 2 aliphatic carbocycles. The van der Waals surface area contributed by atoms with Gasteiger partial charge in [0.05, 0.1) is 29.1 Å². The van der Waals surface area contributed by atoms with Crippen molar-refractivity contribution in [1.29, 1.82) is 5.26 Å². The molecule has 1 aromatic rings. The summed E-state index contributed by atoms with van der Waals surface area (Å²) in [6, 6.07) is 5.35. The summed E-state index contributed by atoms with van der Waals surface area (Å²) >= 11 is 3.41. The molecule has 0 spiro atoms. The molecule has 2 bridgehead atoms. The van der Waals surface area contributed by atoms with Crippen LogP contribution in [0.15, 0.2) is 33.9 Å². The van der Waals surface area contributed by atoms with Crippen molar-refractivity contribution in [2.24, 2.45) is 28.8 Å². The van der Waals surface area contributed by atoms with E-state index in [9.17, 15) is 9.59 Å². The maximum Gasteiger partial charge on any atom is 0.254 e. The summed E-state index contributed by atoms with van der Waals surface area (Å²) in [5.74, 6) is 0.197. The van der Waals surface area contributed by atoms with E-state index >= 15 is 0 Å². The second-order valence-corrected chi connectivity index (χ2v) is 7.80. The van der Waals surface area contributed by atoms with Crippen LogP contribution in [0.25, 0.3) is 0 Å². The third kappa shape index (κ3) is 3.00. The van der Waals surface area contributed by atoms with Crippen molar-refractivity contribution in [3.8, 4) is 17.6 Å². The van der Waals surface area contributed by atoms with Crippen LogP contribution in [0.1, 0.15) is 18.9 Å². The molecule has 2 fully saturated rings. The number of amides is 2.